The number of hydrogen-bond acceptors (Lipinski definition) is 2. The van der Waals surface area contributed by atoms with Gasteiger partial charge in [-0.25, -0.2) is 0 Å². The monoisotopic (exact) mass is 270 g/mol. The van der Waals surface area contributed by atoms with Gasteiger partial charge in [0.2, 0.25) is 0 Å². The summed E-state index contributed by atoms with van der Waals surface area (Å²) >= 11 is 0. The second-order valence-electron chi connectivity index (χ2n) is 6.90. The highest BCUT2D eigenvalue weighted by Crippen LogP contribution is 2.56. The van der Waals surface area contributed by atoms with Crippen molar-refractivity contribution in [3.8, 4) is 5.75 Å². The van der Waals surface area contributed by atoms with Crippen LogP contribution in [0, 0.1) is 23.7 Å². The third-order valence-electron chi connectivity index (χ3n) is 5.49. The maximum absolute atomic E-state index is 9.27. The van der Waals surface area contributed by atoms with E-state index in [1.807, 2.05) is 12.1 Å². The van der Waals surface area contributed by atoms with Gasteiger partial charge in [0.1, 0.15) is 12.4 Å². The van der Waals surface area contributed by atoms with Crippen LogP contribution in [0.3, 0.4) is 0 Å². The Balaban J connectivity index is 1.41. The third-order valence-corrected chi connectivity index (χ3v) is 5.49. The Bertz CT molecular complexity index is 485. The highest BCUT2D eigenvalue weighted by atomic mass is 16.5. The standard InChI is InChI=1S/C18H22O2/c19-17-3-1-12(2-4-17)10-20-11-18-15-6-13-5-14(8-15)9-16(18)7-13/h1-4,11,13-16,19H,5-10H2. The summed E-state index contributed by atoms with van der Waals surface area (Å²) in [6, 6.07) is 7.28. The summed E-state index contributed by atoms with van der Waals surface area (Å²) in [4.78, 5) is 0. The van der Waals surface area contributed by atoms with Crippen molar-refractivity contribution in [3.63, 3.8) is 0 Å². The molecule has 1 N–H and O–H groups in total. The molecular formula is C18H22O2. The van der Waals surface area contributed by atoms with Crippen LogP contribution in [0.25, 0.3) is 0 Å². The van der Waals surface area contributed by atoms with Crippen LogP contribution in [-0.2, 0) is 11.3 Å². The largest absolute Gasteiger partial charge is 0.508 e. The van der Waals surface area contributed by atoms with Crippen molar-refractivity contribution >= 4 is 0 Å². The number of rotatable bonds is 3. The van der Waals surface area contributed by atoms with Crippen LogP contribution < -0.4 is 0 Å². The van der Waals surface area contributed by atoms with Crippen LogP contribution in [0.5, 0.6) is 5.75 Å². The first-order chi connectivity index (χ1) is 9.78. The van der Waals surface area contributed by atoms with Gasteiger partial charge < -0.3 is 9.84 Å². The molecule has 0 amide bonds. The van der Waals surface area contributed by atoms with Gasteiger partial charge in [-0.3, -0.25) is 0 Å². The van der Waals surface area contributed by atoms with Gasteiger partial charge >= 0.3 is 0 Å². The molecule has 106 valence electrons. The molecule has 0 heterocycles. The lowest BCUT2D eigenvalue weighted by atomic mass is 9.54. The van der Waals surface area contributed by atoms with E-state index >= 15 is 0 Å². The normalized spacial score (nSPS) is 34.3. The number of phenols is 1. The molecule has 20 heavy (non-hydrogen) atoms. The van der Waals surface area contributed by atoms with E-state index in [0.717, 1.165) is 29.2 Å². The molecule has 4 aliphatic carbocycles. The Labute approximate surface area is 120 Å². The van der Waals surface area contributed by atoms with E-state index in [0.29, 0.717) is 12.4 Å². The molecular weight excluding hydrogens is 248 g/mol. The average molecular weight is 270 g/mol. The lowest BCUT2D eigenvalue weighted by Gasteiger charge is -2.51. The summed E-state index contributed by atoms with van der Waals surface area (Å²) in [7, 11) is 0. The minimum absolute atomic E-state index is 0.313. The fourth-order valence-electron chi connectivity index (χ4n) is 4.75. The van der Waals surface area contributed by atoms with E-state index in [1.165, 1.54) is 32.1 Å². The zero-order valence-corrected chi connectivity index (χ0v) is 11.8. The number of aromatic hydroxyl groups is 1. The van der Waals surface area contributed by atoms with Crippen LogP contribution in [0.2, 0.25) is 0 Å². The Kier molecular flexibility index (Phi) is 2.98. The molecule has 2 heteroatoms. The van der Waals surface area contributed by atoms with E-state index in [9.17, 15) is 5.11 Å². The fraction of sp³-hybridized carbons (Fsp3) is 0.556. The van der Waals surface area contributed by atoms with Crippen molar-refractivity contribution in [2.75, 3.05) is 0 Å². The first-order valence-electron chi connectivity index (χ1n) is 7.87. The van der Waals surface area contributed by atoms with Crippen LogP contribution in [0.4, 0.5) is 0 Å². The van der Waals surface area contributed by atoms with Gasteiger partial charge in [-0.15, -0.1) is 0 Å². The number of allylic oxidation sites excluding steroid dienone is 1. The topological polar surface area (TPSA) is 29.5 Å². The van der Waals surface area contributed by atoms with Gasteiger partial charge in [0.15, 0.2) is 0 Å². The average Bonchev–Trinajstić information content (AvgIpc) is 2.43. The second kappa shape index (κ2) is 4.83. The maximum Gasteiger partial charge on any atom is 0.115 e. The zero-order valence-electron chi connectivity index (χ0n) is 11.8. The molecule has 4 aliphatic rings. The molecule has 0 aromatic heterocycles. The van der Waals surface area contributed by atoms with Crippen molar-refractivity contribution in [2.24, 2.45) is 23.7 Å². The first kappa shape index (κ1) is 12.3. The highest BCUT2D eigenvalue weighted by Gasteiger charge is 2.45. The molecule has 0 atom stereocenters. The van der Waals surface area contributed by atoms with E-state index in [4.69, 9.17) is 4.74 Å². The number of benzene rings is 1. The number of ether oxygens (including phenoxy) is 1. The van der Waals surface area contributed by atoms with Gasteiger partial charge in [-0.05, 0) is 79.0 Å². The Morgan fingerprint density at radius 1 is 0.950 bits per heavy atom. The SMILES string of the molecule is Oc1ccc(COC=C2C3CC4CC(C3)CC2C4)cc1. The molecule has 0 spiro atoms. The first-order valence-corrected chi connectivity index (χ1v) is 7.87. The molecule has 5 rings (SSSR count). The van der Waals surface area contributed by atoms with Gasteiger partial charge in [-0.1, -0.05) is 12.1 Å². The quantitative estimate of drug-likeness (QED) is 0.832. The molecule has 0 radical (unpaired) electrons. The Morgan fingerprint density at radius 2 is 1.55 bits per heavy atom. The molecule has 0 unspecified atom stereocenters. The summed E-state index contributed by atoms with van der Waals surface area (Å²) < 4.78 is 5.84. The summed E-state index contributed by atoms with van der Waals surface area (Å²) in [5.74, 6) is 3.95. The van der Waals surface area contributed by atoms with Crippen molar-refractivity contribution < 1.29 is 9.84 Å². The zero-order chi connectivity index (χ0) is 13.5. The molecule has 4 bridgehead atoms. The van der Waals surface area contributed by atoms with Gasteiger partial charge in [-0.2, -0.15) is 0 Å². The molecule has 1 aromatic rings. The number of hydrogen-bond donors (Lipinski definition) is 1. The smallest absolute Gasteiger partial charge is 0.115 e. The van der Waals surface area contributed by atoms with E-state index in [2.05, 4.69) is 6.26 Å². The molecule has 2 nitrogen and oxygen atoms in total. The van der Waals surface area contributed by atoms with Crippen LogP contribution in [0.1, 0.15) is 37.7 Å². The van der Waals surface area contributed by atoms with Crippen LogP contribution in [0.15, 0.2) is 36.1 Å². The van der Waals surface area contributed by atoms with Crippen molar-refractivity contribution in [1.29, 1.82) is 0 Å². The minimum Gasteiger partial charge on any atom is -0.508 e. The minimum atomic E-state index is 0.313. The van der Waals surface area contributed by atoms with Crippen LogP contribution in [-0.4, -0.2) is 5.11 Å². The van der Waals surface area contributed by atoms with Gasteiger partial charge in [0.25, 0.3) is 0 Å². The predicted octanol–water partition coefficient (Wildman–Crippen LogP) is 4.25. The van der Waals surface area contributed by atoms with Crippen molar-refractivity contribution in [2.45, 2.75) is 38.7 Å². The molecule has 4 fully saturated rings. The second-order valence-corrected chi connectivity index (χ2v) is 6.90. The molecule has 1 aromatic carbocycles. The van der Waals surface area contributed by atoms with E-state index in [-0.39, 0.29) is 0 Å². The maximum atomic E-state index is 9.27. The summed E-state index contributed by atoms with van der Waals surface area (Å²) in [5.41, 5.74) is 2.71. The molecule has 0 aliphatic heterocycles. The predicted molar refractivity (Wildman–Crippen MR) is 78.0 cm³/mol. The summed E-state index contributed by atoms with van der Waals surface area (Å²) in [6.45, 7) is 0.607. The molecule has 0 saturated heterocycles. The van der Waals surface area contributed by atoms with Crippen molar-refractivity contribution in [3.05, 3.63) is 41.7 Å². The van der Waals surface area contributed by atoms with Crippen LogP contribution >= 0.6 is 0 Å². The van der Waals surface area contributed by atoms with Gasteiger partial charge in [0.05, 0.1) is 6.26 Å². The number of phenolic OH excluding ortho intramolecular Hbond substituents is 1. The van der Waals surface area contributed by atoms with Crippen molar-refractivity contribution in [1.82, 2.24) is 0 Å². The Morgan fingerprint density at radius 3 is 2.15 bits per heavy atom. The highest BCUT2D eigenvalue weighted by molar-refractivity contribution is 5.25. The lowest BCUT2D eigenvalue weighted by molar-refractivity contribution is 0.0632. The van der Waals surface area contributed by atoms with Gasteiger partial charge in [0, 0.05) is 0 Å². The van der Waals surface area contributed by atoms with E-state index < -0.39 is 0 Å². The summed E-state index contributed by atoms with van der Waals surface area (Å²) in [6.07, 6.45) is 9.18. The Hall–Kier alpha value is -1.44. The summed E-state index contributed by atoms with van der Waals surface area (Å²) in [5, 5.41) is 9.27. The fourth-order valence-corrected chi connectivity index (χ4v) is 4.75. The van der Waals surface area contributed by atoms with E-state index in [1.54, 1.807) is 17.7 Å². The third kappa shape index (κ3) is 2.21. The lowest BCUT2D eigenvalue weighted by Crippen LogP contribution is -2.40. The molecule has 4 saturated carbocycles.